The van der Waals surface area contributed by atoms with Gasteiger partial charge in [-0.2, -0.15) is 0 Å². The lowest BCUT2D eigenvalue weighted by atomic mass is 10.2. The molecule has 27 heteroatoms. The van der Waals surface area contributed by atoms with Crippen LogP contribution in [0.25, 0.3) is 0 Å². The SMILES string of the molecule is O=C(OCCn1c(=O)n(CCOC(=O)SSCc2ccc([N+](=O)[O-])cc2)c(=O)n(CCOC(=O)SSCc2ccc([N+](=O)[O-])cc2)c1=O)SSCc1ccc([N+](=O)[O-])cc1. The molecule has 0 amide bonds. The number of ether oxygens (including phenoxy) is 3. The van der Waals surface area contributed by atoms with E-state index in [1.165, 1.54) is 72.8 Å². The molecule has 0 saturated heterocycles. The third kappa shape index (κ3) is 15.1. The lowest BCUT2D eigenvalue weighted by molar-refractivity contribution is -0.385. The quantitative estimate of drug-likeness (QED) is 0.0266. The molecule has 1 heterocycles. The predicted molar refractivity (Wildman–Crippen MR) is 229 cm³/mol. The molecule has 0 fully saturated rings. The van der Waals surface area contributed by atoms with Crippen LogP contribution < -0.4 is 17.1 Å². The fourth-order valence-electron chi connectivity index (χ4n) is 4.57. The van der Waals surface area contributed by atoms with Gasteiger partial charge in [-0.3, -0.25) is 30.3 Å². The zero-order valence-electron chi connectivity index (χ0n) is 30.5. The first kappa shape index (κ1) is 47.5. The summed E-state index contributed by atoms with van der Waals surface area (Å²) < 4.78 is 17.4. The summed E-state index contributed by atoms with van der Waals surface area (Å²) in [4.78, 5) is 108. The molecule has 0 aliphatic heterocycles. The van der Waals surface area contributed by atoms with E-state index >= 15 is 0 Å². The van der Waals surface area contributed by atoms with Crippen molar-refractivity contribution < 1.29 is 43.4 Å². The number of rotatable bonds is 21. The zero-order chi connectivity index (χ0) is 43.6. The Kier molecular flexibility index (Phi) is 19.1. The van der Waals surface area contributed by atoms with E-state index in [4.69, 9.17) is 14.2 Å². The summed E-state index contributed by atoms with van der Waals surface area (Å²) in [5, 5.41) is 30.2. The normalized spacial score (nSPS) is 10.8. The molecule has 3 aromatic carbocycles. The van der Waals surface area contributed by atoms with Gasteiger partial charge in [0.25, 0.3) is 17.1 Å². The predicted octanol–water partition coefficient (Wildman–Crippen LogP) is 7.05. The fraction of sp³-hybridized carbons (Fsp3) is 0.273. The van der Waals surface area contributed by atoms with Gasteiger partial charge in [-0.1, -0.05) is 68.8 Å². The molecule has 4 aromatic rings. The van der Waals surface area contributed by atoms with Crippen LogP contribution in [0.5, 0.6) is 0 Å². The van der Waals surface area contributed by atoms with Gasteiger partial charge in [0, 0.05) is 86.0 Å². The maximum Gasteiger partial charge on any atom is 0.378 e. The highest BCUT2D eigenvalue weighted by Gasteiger charge is 2.18. The number of hydrogen-bond acceptors (Lipinski definition) is 21. The number of hydrogen-bond donors (Lipinski definition) is 0. The molecular weight excluding hydrogens is 913 g/mol. The zero-order valence-corrected chi connectivity index (χ0v) is 35.4. The van der Waals surface area contributed by atoms with Crippen LogP contribution in [0.2, 0.25) is 0 Å². The molecule has 0 bridgehead atoms. The number of nitro benzene ring substituents is 3. The Morgan fingerprint density at radius 3 is 0.900 bits per heavy atom. The third-order valence-electron chi connectivity index (χ3n) is 7.49. The minimum atomic E-state index is -1.09. The van der Waals surface area contributed by atoms with Crippen LogP contribution in [0.3, 0.4) is 0 Å². The largest absolute Gasteiger partial charge is 0.455 e. The Morgan fingerprint density at radius 1 is 0.450 bits per heavy atom. The standard InChI is InChI=1S/C33H30N6O15S6/c40-28-34(13-16-52-31(43)58-55-19-22-1-7-25(8-2-22)37(46)47)29(41)36(15-18-54-33(45)60-57-21-24-5-11-27(12-6-24)39(50)51)30(42)35(28)14-17-53-32(44)59-56-20-23-3-9-26(10-4-23)38(48)49/h1-12H,13-21H2. The number of nitrogens with zero attached hydrogens (tertiary/aromatic N) is 6. The first-order valence-electron chi connectivity index (χ1n) is 16.8. The molecule has 0 aliphatic carbocycles. The molecular formula is C33H30N6O15S6. The van der Waals surface area contributed by atoms with E-state index in [2.05, 4.69) is 0 Å². The molecule has 0 aliphatic rings. The van der Waals surface area contributed by atoms with Crippen LogP contribution >= 0.6 is 64.8 Å². The van der Waals surface area contributed by atoms with Crippen LogP contribution in [0, 0.1) is 30.3 Å². The smallest absolute Gasteiger partial charge is 0.378 e. The van der Waals surface area contributed by atoms with Gasteiger partial charge in [-0.25, -0.2) is 42.5 Å². The van der Waals surface area contributed by atoms with E-state index in [1.54, 1.807) is 0 Å². The number of nitro groups is 3. The van der Waals surface area contributed by atoms with Crippen molar-refractivity contribution in [3.8, 4) is 0 Å². The van der Waals surface area contributed by atoms with E-state index in [0.29, 0.717) is 80.0 Å². The van der Waals surface area contributed by atoms with Gasteiger partial charge in [0.1, 0.15) is 19.8 Å². The van der Waals surface area contributed by atoms with Crippen molar-refractivity contribution in [2.75, 3.05) is 19.8 Å². The van der Waals surface area contributed by atoms with Crippen molar-refractivity contribution in [1.82, 2.24) is 13.7 Å². The Hall–Kier alpha value is -5.22. The average molecular weight is 943 g/mol. The van der Waals surface area contributed by atoms with Crippen molar-refractivity contribution in [2.24, 2.45) is 0 Å². The summed E-state index contributed by atoms with van der Waals surface area (Å²) in [6, 6.07) is 17.2. The minimum Gasteiger partial charge on any atom is -0.455 e. The second-order valence-electron chi connectivity index (χ2n) is 11.4. The Balaban J connectivity index is 1.34. The van der Waals surface area contributed by atoms with Gasteiger partial charge in [-0.05, 0) is 16.7 Å². The summed E-state index contributed by atoms with van der Waals surface area (Å²) in [5.74, 6) is 0.905. The van der Waals surface area contributed by atoms with Gasteiger partial charge in [0.15, 0.2) is 0 Å². The van der Waals surface area contributed by atoms with Gasteiger partial charge >= 0.3 is 33.0 Å². The van der Waals surface area contributed by atoms with Gasteiger partial charge in [0.2, 0.25) is 0 Å². The fourth-order valence-corrected chi connectivity index (χ4v) is 9.47. The molecule has 0 N–H and O–H groups in total. The summed E-state index contributed by atoms with van der Waals surface area (Å²) in [6.45, 7) is -2.85. The summed E-state index contributed by atoms with van der Waals surface area (Å²) >= 11 is 0. The van der Waals surface area contributed by atoms with Crippen molar-refractivity contribution in [2.45, 2.75) is 36.9 Å². The molecule has 60 heavy (non-hydrogen) atoms. The lowest BCUT2D eigenvalue weighted by Gasteiger charge is -2.14. The Morgan fingerprint density at radius 2 is 0.683 bits per heavy atom. The van der Waals surface area contributed by atoms with E-state index in [9.17, 15) is 59.1 Å². The van der Waals surface area contributed by atoms with E-state index in [-0.39, 0.29) is 17.1 Å². The number of carbonyl (C=O) groups excluding carboxylic acids is 3. The Labute approximate surface area is 360 Å². The Bertz CT molecular complexity index is 2070. The van der Waals surface area contributed by atoms with Crippen molar-refractivity contribution in [3.05, 3.63) is 151 Å². The van der Waals surface area contributed by atoms with Gasteiger partial charge in [0.05, 0.1) is 34.4 Å². The van der Waals surface area contributed by atoms with Gasteiger partial charge in [-0.15, -0.1) is 0 Å². The topological polar surface area (TPSA) is 274 Å². The third-order valence-corrected chi connectivity index (χ3v) is 13.3. The number of benzene rings is 3. The van der Waals surface area contributed by atoms with E-state index in [0.717, 1.165) is 32.4 Å². The van der Waals surface area contributed by atoms with E-state index < -0.39 is 87.2 Å². The second kappa shape index (κ2) is 24.1. The first-order valence-corrected chi connectivity index (χ1v) is 23.7. The number of non-ortho nitro benzene ring substituents is 3. The highest BCUT2D eigenvalue weighted by Crippen LogP contribution is 2.30. The molecule has 318 valence electrons. The van der Waals surface area contributed by atoms with Crippen LogP contribution in [0.4, 0.5) is 31.4 Å². The van der Waals surface area contributed by atoms with Crippen LogP contribution in [0.1, 0.15) is 16.7 Å². The molecule has 0 saturated carbocycles. The average Bonchev–Trinajstić information content (AvgIpc) is 3.22. The number of carbonyl (C=O) groups is 3. The highest BCUT2D eigenvalue weighted by molar-refractivity contribution is 8.82. The highest BCUT2D eigenvalue weighted by atomic mass is 33.1. The molecule has 0 atom stereocenters. The van der Waals surface area contributed by atoms with E-state index in [1.807, 2.05) is 0 Å². The maximum absolute atomic E-state index is 13.4. The van der Waals surface area contributed by atoms with Crippen LogP contribution in [0.15, 0.2) is 87.2 Å². The summed E-state index contributed by atoms with van der Waals surface area (Å²) in [6.07, 6.45) is 0. The van der Waals surface area contributed by atoms with Crippen LogP contribution in [-0.2, 0) is 51.1 Å². The molecule has 0 radical (unpaired) electrons. The van der Waals surface area contributed by atoms with Gasteiger partial charge < -0.3 is 14.2 Å². The lowest BCUT2D eigenvalue weighted by Crippen LogP contribution is -2.55. The molecule has 4 rings (SSSR count). The maximum atomic E-state index is 13.4. The molecule has 0 spiro atoms. The van der Waals surface area contributed by atoms with Crippen molar-refractivity contribution in [3.63, 3.8) is 0 Å². The molecule has 0 unspecified atom stereocenters. The number of aromatic nitrogens is 3. The summed E-state index contributed by atoms with van der Waals surface area (Å²) in [7, 11) is 5.38. The van der Waals surface area contributed by atoms with Crippen LogP contribution in [-0.4, -0.2) is 64.2 Å². The second-order valence-corrected chi connectivity index (χ2v) is 18.1. The first-order chi connectivity index (χ1) is 28.7. The van der Waals surface area contributed by atoms with Crippen molar-refractivity contribution >= 4 is 97.7 Å². The van der Waals surface area contributed by atoms with Crippen molar-refractivity contribution in [1.29, 1.82) is 0 Å². The minimum absolute atomic E-state index is 0.0859. The monoisotopic (exact) mass is 942 g/mol. The molecule has 21 nitrogen and oxygen atoms in total. The summed E-state index contributed by atoms with van der Waals surface area (Å²) in [5.41, 5.74) is -1.43. The molecule has 1 aromatic heterocycles.